The van der Waals surface area contributed by atoms with Gasteiger partial charge in [-0.2, -0.15) is 0 Å². The minimum atomic E-state index is 1.08. The summed E-state index contributed by atoms with van der Waals surface area (Å²) >= 11 is 2.14. The number of nitrogens with zero attached hydrogens (tertiary/aromatic N) is 1. The molecule has 2 nitrogen and oxygen atoms in total. The Morgan fingerprint density at radius 3 is 2.38 bits per heavy atom. The second kappa shape index (κ2) is 3.88. The van der Waals surface area contributed by atoms with Gasteiger partial charge in [0.2, 0.25) is 0 Å². The third kappa shape index (κ3) is 2.30. The third-order valence-electron chi connectivity index (χ3n) is 0.908. The standard InChI is InChI=1S/C5H9IN2/c1-5(3-6)8(2)4-7/h3-4,7H,1-2H3/b5-3-,7-4?. The highest BCUT2D eigenvalue weighted by Crippen LogP contribution is 1.99. The van der Waals surface area contributed by atoms with Gasteiger partial charge in [0, 0.05) is 12.7 Å². The summed E-state index contributed by atoms with van der Waals surface area (Å²) in [5.41, 5.74) is 1.08. The van der Waals surface area contributed by atoms with Crippen LogP contribution in [0.2, 0.25) is 0 Å². The second-order valence-electron chi connectivity index (χ2n) is 1.49. The van der Waals surface area contributed by atoms with Crippen LogP contribution in [0.15, 0.2) is 9.78 Å². The molecule has 0 spiro atoms. The lowest BCUT2D eigenvalue weighted by Gasteiger charge is -2.09. The molecular formula is C5H9IN2. The number of rotatable bonds is 2. The van der Waals surface area contributed by atoms with Gasteiger partial charge in [-0.1, -0.05) is 22.6 Å². The van der Waals surface area contributed by atoms with Crippen molar-refractivity contribution in [2.45, 2.75) is 6.92 Å². The fourth-order valence-electron chi connectivity index (χ4n) is 0.179. The first-order chi connectivity index (χ1) is 3.72. The summed E-state index contributed by atoms with van der Waals surface area (Å²) in [6, 6.07) is 0. The molecule has 0 radical (unpaired) electrons. The van der Waals surface area contributed by atoms with Crippen LogP contribution in [-0.2, 0) is 0 Å². The molecule has 0 aliphatic rings. The fraction of sp³-hybridized carbons (Fsp3) is 0.400. The molecule has 0 atom stereocenters. The van der Waals surface area contributed by atoms with Crippen molar-refractivity contribution >= 4 is 28.9 Å². The predicted octanol–water partition coefficient (Wildman–Crippen LogP) is 1.82. The maximum absolute atomic E-state index is 6.80. The lowest BCUT2D eigenvalue weighted by Crippen LogP contribution is -2.11. The maximum atomic E-state index is 6.80. The highest BCUT2D eigenvalue weighted by molar-refractivity contribution is 14.1. The SMILES string of the molecule is C/C(=C/I)N(C)C=N. The van der Waals surface area contributed by atoms with Crippen LogP contribution in [0.1, 0.15) is 6.92 Å². The number of hydrogen-bond acceptors (Lipinski definition) is 1. The van der Waals surface area contributed by atoms with Crippen LogP contribution in [0.25, 0.3) is 0 Å². The van der Waals surface area contributed by atoms with Crippen molar-refractivity contribution in [3.63, 3.8) is 0 Å². The molecule has 0 aliphatic heterocycles. The predicted molar refractivity (Wildman–Crippen MR) is 44.3 cm³/mol. The summed E-state index contributed by atoms with van der Waals surface area (Å²) in [6.45, 7) is 1.96. The molecule has 46 valence electrons. The first-order valence-electron chi connectivity index (χ1n) is 2.22. The molecular weight excluding hydrogens is 215 g/mol. The number of allylic oxidation sites excluding steroid dienone is 1. The molecule has 0 fully saturated rings. The summed E-state index contributed by atoms with van der Waals surface area (Å²) in [5, 5.41) is 6.80. The Bertz CT molecular complexity index is 109. The molecule has 0 unspecified atom stereocenters. The normalized spacial score (nSPS) is 11.1. The van der Waals surface area contributed by atoms with Crippen molar-refractivity contribution in [1.29, 1.82) is 5.41 Å². The van der Waals surface area contributed by atoms with Gasteiger partial charge in [0.15, 0.2) is 0 Å². The largest absolute Gasteiger partial charge is 0.340 e. The van der Waals surface area contributed by atoms with E-state index in [4.69, 9.17) is 5.41 Å². The molecule has 0 aromatic carbocycles. The molecule has 0 aliphatic carbocycles. The van der Waals surface area contributed by atoms with Crippen LogP contribution in [0.5, 0.6) is 0 Å². The molecule has 8 heavy (non-hydrogen) atoms. The van der Waals surface area contributed by atoms with Gasteiger partial charge in [-0.15, -0.1) is 0 Å². The van der Waals surface area contributed by atoms with Gasteiger partial charge in [0.05, 0.1) is 6.34 Å². The Kier molecular flexibility index (Phi) is 3.85. The molecule has 0 aromatic heterocycles. The minimum Gasteiger partial charge on any atom is -0.340 e. The Morgan fingerprint density at radius 1 is 1.75 bits per heavy atom. The van der Waals surface area contributed by atoms with Crippen molar-refractivity contribution in [1.82, 2.24) is 4.90 Å². The summed E-state index contributed by atoms with van der Waals surface area (Å²) in [5.74, 6) is 0. The zero-order valence-corrected chi connectivity index (χ0v) is 7.14. The van der Waals surface area contributed by atoms with E-state index in [0.717, 1.165) is 5.70 Å². The molecule has 0 aromatic rings. The number of hydrogen-bond donors (Lipinski definition) is 1. The minimum absolute atomic E-state index is 1.08. The van der Waals surface area contributed by atoms with E-state index < -0.39 is 0 Å². The van der Waals surface area contributed by atoms with E-state index in [9.17, 15) is 0 Å². The van der Waals surface area contributed by atoms with Gasteiger partial charge in [0.1, 0.15) is 0 Å². The smallest absolute Gasteiger partial charge is 0.0856 e. The summed E-state index contributed by atoms with van der Waals surface area (Å²) in [7, 11) is 1.84. The monoisotopic (exact) mass is 224 g/mol. The Hall–Kier alpha value is -0.0600. The maximum Gasteiger partial charge on any atom is 0.0856 e. The van der Waals surface area contributed by atoms with Gasteiger partial charge in [-0.25, -0.2) is 0 Å². The van der Waals surface area contributed by atoms with E-state index in [-0.39, 0.29) is 0 Å². The van der Waals surface area contributed by atoms with Crippen molar-refractivity contribution in [3.05, 3.63) is 9.78 Å². The molecule has 3 heteroatoms. The number of halogens is 1. The quantitative estimate of drug-likeness (QED) is 0.432. The van der Waals surface area contributed by atoms with Crippen LogP contribution in [0, 0.1) is 5.41 Å². The van der Waals surface area contributed by atoms with E-state index in [1.165, 1.54) is 6.34 Å². The second-order valence-corrected chi connectivity index (χ2v) is 2.11. The van der Waals surface area contributed by atoms with Gasteiger partial charge < -0.3 is 4.90 Å². The average Bonchev–Trinajstić information content (AvgIpc) is 1.84. The molecule has 0 saturated heterocycles. The van der Waals surface area contributed by atoms with Crippen LogP contribution in [0.3, 0.4) is 0 Å². The first-order valence-corrected chi connectivity index (χ1v) is 3.47. The van der Waals surface area contributed by atoms with E-state index in [2.05, 4.69) is 22.6 Å². The van der Waals surface area contributed by atoms with E-state index in [1.807, 2.05) is 18.1 Å². The Balaban J connectivity index is 3.81. The van der Waals surface area contributed by atoms with Crippen molar-refractivity contribution < 1.29 is 0 Å². The lowest BCUT2D eigenvalue weighted by atomic mass is 10.5. The zero-order chi connectivity index (χ0) is 6.57. The lowest BCUT2D eigenvalue weighted by molar-refractivity contribution is 0.645. The van der Waals surface area contributed by atoms with Gasteiger partial charge in [-0.05, 0) is 11.0 Å². The van der Waals surface area contributed by atoms with Crippen molar-refractivity contribution in [2.24, 2.45) is 0 Å². The zero-order valence-electron chi connectivity index (χ0n) is 4.98. The highest BCUT2D eigenvalue weighted by Gasteiger charge is 1.88. The summed E-state index contributed by atoms with van der Waals surface area (Å²) in [4.78, 5) is 1.74. The molecule has 0 rings (SSSR count). The fourth-order valence-corrected chi connectivity index (χ4v) is 0.618. The van der Waals surface area contributed by atoms with Crippen LogP contribution < -0.4 is 0 Å². The topological polar surface area (TPSA) is 27.1 Å². The third-order valence-corrected chi connectivity index (χ3v) is 1.81. The average molecular weight is 224 g/mol. The van der Waals surface area contributed by atoms with Crippen LogP contribution >= 0.6 is 22.6 Å². The van der Waals surface area contributed by atoms with Gasteiger partial charge in [-0.3, -0.25) is 5.41 Å². The highest BCUT2D eigenvalue weighted by atomic mass is 127. The first kappa shape index (κ1) is 7.94. The van der Waals surface area contributed by atoms with Gasteiger partial charge >= 0.3 is 0 Å². The summed E-state index contributed by atoms with van der Waals surface area (Å²) in [6.07, 6.45) is 1.28. The number of nitrogens with one attached hydrogen (secondary N) is 1. The van der Waals surface area contributed by atoms with E-state index >= 15 is 0 Å². The van der Waals surface area contributed by atoms with Crippen molar-refractivity contribution in [3.8, 4) is 0 Å². The van der Waals surface area contributed by atoms with Gasteiger partial charge in [0.25, 0.3) is 0 Å². The van der Waals surface area contributed by atoms with E-state index in [0.29, 0.717) is 0 Å². The molecule has 0 heterocycles. The van der Waals surface area contributed by atoms with E-state index in [1.54, 1.807) is 4.90 Å². The van der Waals surface area contributed by atoms with Crippen molar-refractivity contribution in [2.75, 3.05) is 7.05 Å². The molecule has 0 amide bonds. The molecule has 1 N–H and O–H groups in total. The Labute approximate surface area is 63.2 Å². The van der Waals surface area contributed by atoms with Crippen LogP contribution in [0.4, 0.5) is 0 Å². The van der Waals surface area contributed by atoms with Crippen LogP contribution in [-0.4, -0.2) is 18.3 Å². The molecule has 0 saturated carbocycles. The summed E-state index contributed by atoms with van der Waals surface area (Å²) < 4.78 is 1.93. The molecule has 0 bridgehead atoms. The Morgan fingerprint density at radius 2 is 2.25 bits per heavy atom.